The van der Waals surface area contributed by atoms with Gasteiger partial charge in [-0.2, -0.15) is 5.26 Å². The molecule has 0 aliphatic rings. The molecule has 4 aromatic rings. The standard InChI is InChI=1S/C32H29N3O4/c1-32(2,3)39-31(38)25-13-15-27(16-14-25)34-30(37)28(19-22-7-5-4-6-8-22)35-18-17-26(20-29(35)36)24-11-9-23(21-33)10-12-24/h4-18,20,28H,19H2,1-3H3,(H,34,37). The molecule has 1 unspecified atom stereocenters. The van der Waals surface area contributed by atoms with E-state index in [9.17, 15) is 14.4 Å². The molecule has 0 aliphatic heterocycles. The molecule has 0 fully saturated rings. The van der Waals surface area contributed by atoms with Gasteiger partial charge in [0, 0.05) is 24.4 Å². The summed E-state index contributed by atoms with van der Waals surface area (Å²) < 4.78 is 6.82. The number of aromatic nitrogens is 1. The van der Waals surface area contributed by atoms with Crippen LogP contribution in [0.5, 0.6) is 0 Å². The smallest absolute Gasteiger partial charge is 0.338 e. The molecule has 7 heteroatoms. The number of amides is 1. The van der Waals surface area contributed by atoms with Gasteiger partial charge in [-0.1, -0.05) is 42.5 Å². The normalized spacial score (nSPS) is 11.7. The van der Waals surface area contributed by atoms with Crippen molar-refractivity contribution in [2.75, 3.05) is 5.32 Å². The lowest BCUT2D eigenvalue weighted by atomic mass is 10.0. The molecule has 39 heavy (non-hydrogen) atoms. The summed E-state index contributed by atoms with van der Waals surface area (Å²) in [5.41, 5.74) is 2.85. The van der Waals surface area contributed by atoms with Crippen LogP contribution in [0.2, 0.25) is 0 Å². The van der Waals surface area contributed by atoms with Crippen molar-refractivity contribution in [1.29, 1.82) is 5.26 Å². The lowest BCUT2D eigenvalue weighted by Crippen LogP contribution is -2.34. The number of hydrogen-bond donors (Lipinski definition) is 1. The van der Waals surface area contributed by atoms with E-state index in [1.165, 1.54) is 10.6 Å². The summed E-state index contributed by atoms with van der Waals surface area (Å²) >= 11 is 0. The van der Waals surface area contributed by atoms with Crippen LogP contribution in [0, 0.1) is 11.3 Å². The molecular weight excluding hydrogens is 490 g/mol. The van der Waals surface area contributed by atoms with Gasteiger partial charge in [0.25, 0.3) is 5.56 Å². The molecular formula is C32H29N3O4. The molecule has 196 valence electrons. The predicted molar refractivity (Wildman–Crippen MR) is 150 cm³/mol. The van der Waals surface area contributed by atoms with Crippen LogP contribution >= 0.6 is 0 Å². The van der Waals surface area contributed by atoms with Gasteiger partial charge >= 0.3 is 5.97 Å². The third kappa shape index (κ3) is 7.08. The Morgan fingerprint density at radius 2 is 1.59 bits per heavy atom. The van der Waals surface area contributed by atoms with E-state index < -0.39 is 17.6 Å². The summed E-state index contributed by atoms with van der Waals surface area (Å²) in [6.45, 7) is 5.39. The Morgan fingerprint density at radius 3 is 2.18 bits per heavy atom. The summed E-state index contributed by atoms with van der Waals surface area (Å²) in [5.74, 6) is -0.812. The fourth-order valence-corrected chi connectivity index (χ4v) is 4.07. The molecule has 0 saturated heterocycles. The molecule has 0 radical (unpaired) electrons. The van der Waals surface area contributed by atoms with Crippen molar-refractivity contribution < 1.29 is 14.3 Å². The zero-order valence-electron chi connectivity index (χ0n) is 22.0. The van der Waals surface area contributed by atoms with Gasteiger partial charge in [0.15, 0.2) is 0 Å². The zero-order chi connectivity index (χ0) is 28.0. The SMILES string of the molecule is CC(C)(C)OC(=O)c1ccc(NC(=O)C(Cc2ccccc2)n2ccc(-c3ccc(C#N)cc3)cc2=O)cc1. The van der Waals surface area contributed by atoms with E-state index in [4.69, 9.17) is 10.00 Å². The first-order valence-corrected chi connectivity index (χ1v) is 12.5. The first-order chi connectivity index (χ1) is 18.6. The fourth-order valence-electron chi connectivity index (χ4n) is 4.07. The number of carbonyl (C=O) groups is 2. The van der Waals surface area contributed by atoms with Crippen LogP contribution in [0.15, 0.2) is 102 Å². The highest BCUT2D eigenvalue weighted by atomic mass is 16.6. The summed E-state index contributed by atoms with van der Waals surface area (Å²) in [6.07, 6.45) is 1.92. The number of esters is 1. The minimum Gasteiger partial charge on any atom is -0.456 e. The summed E-state index contributed by atoms with van der Waals surface area (Å²) in [7, 11) is 0. The quantitative estimate of drug-likeness (QED) is 0.313. The Morgan fingerprint density at radius 1 is 0.923 bits per heavy atom. The first-order valence-electron chi connectivity index (χ1n) is 12.5. The second-order valence-corrected chi connectivity index (χ2v) is 10.1. The van der Waals surface area contributed by atoms with E-state index in [1.54, 1.807) is 81.6 Å². The van der Waals surface area contributed by atoms with Crippen molar-refractivity contribution in [2.45, 2.75) is 38.8 Å². The largest absolute Gasteiger partial charge is 0.456 e. The van der Waals surface area contributed by atoms with Gasteiger partial charge in [0.05, 0.1) is 17.2 Å². The Bertz CT molecular complexity index is 1560. The van der Waals surface area contributed by atoms with Crippen molar-refractivity contribution >= 4 is 17.6 Å². The van der Waals surface area contributed by atoms with E-state index in [2.05, 4.69) is 11.4 Å². The molecule has 1 aromatic heterocycles. The second-order valence-electron chi connectivity index (χ2n) is 10.1. The van der Waals surface area contributed by atoms with E-state index in [-0.39, 0.29) is 11.5 Å². The van der Waals surface area contributed by atoms with Gasteiger partial charge in [-0.05, 0) is 79.9 Å². The lowest BCUT2D eigenvalue weighted by molar-refractivity contribution is -0.119. The Balaban J connectivity index is 1.59. The van der Waals surface area contributed by atoms with Crippen LogP contribution in [0.4, 0.5) is 5.69 Å². The molecule has 7 nitrogen and oxygen atoms in total. The molecule has 3 aromatic carbocycles. The van der Waals surface area contributed by atoms with Crippen LogP contribution in [0.1, 0.15) is 48.3 Å². The number of pyridine rings is 1. The zero-order valence-corrected chi connectivity index (χ0v) is 22.0. The fraction of sp³-hybridized carbons (Fsp3) is 0.188. The second kappa shape index (κ2) is 11.6. The first kappa shape index (κ1) is 27.1. The van der Waals surface area contributed by atoms with E-state index in [0.717, 1.165) is 11.1 Å². The molecule has 0 aliphatic carbocycles. The lowest BCUT2D eigenvalue weighted by Gasteiger charge is -2.21. The number of benzene rings is 3. The molecule has 4 rings (SSSR count). The average molecular weight is 520 g/mol. The van der Waals surface area contributed by atoms with Crippen molar-refractivity contribution in [3.05, 3.63) is 124 Å². The Hall–Kier alpha value is -4.96. The van der Waals surface area contributed by atoms with Crippen LogP contribution in [0.25, 0.3) is 11.1 Å². The highest BCUT2D eigenvalue weighted by Crippen LogP contribution is 2.22. The van der Waals surface area contributed by atoms with E-state index in [0.29, 0.717) is 28.8 Å². The van der Waals surface area contributed by atoms with Gasteiger partial charge in [0.1, 0.15) is 11.6 Å². The molecule has 1 heterocycles. The number of nitriles is 1. The van der Waals surface area contributed by atoms with Crippen LogP contribution < -0.4 is 10.9 Å². The highest BCUT2D eigenvalue weighted by Gasteiger charge is 2.23. The summed E-state index contributed by atoms with van der Waals surface area (Å²) in [6, 6.07) is 27.4. The van der Waals surface area contributed by atoms with Crippen molar-refractivity contribution in [3.8, 4) is 17.2 Å². The Kier molecular flexibility index (Phi) is 8.07. The maximum absolute atomic E-state index is 13.5. The van der Waals surface area contributed by atoms with Gasteiger partial charge in [0.2, 0.25) is 5.91 Å². The van der Waals surface area contributed by atoms with Gasteiger partial charge in [-0.15, -0.1) is 0 Å². The summed E-state index contributed by atoms with van der Waals surface area (Å²) in [5, 5.41) is 11.9. The topological polar surface area (TPSA) is 101 Å². The van der Waals surface area contributed by atoms with Gasteiger partial charge in [-0.3, -0.25) is 9.59 Å². The number of nitrogens with zero attached hydrogens (tertiary/aromatic N) is 2. The minimum absolute atomic E-state index is 0.304. The average Bonchev–Trinajstić information content (AvgIpc) is 2.92. The van der Waals surface area contributed by atoms with Gasteiger partial charge in [-0.25, -0.2) is 4.79 Å². The monoisotopic (exact) mass is 519 g/mol. The Labute approximate surface area is 227 Å². The van der Waals surface area contributed by atoms with E-state index in [1.807, 2.05) is 30.3 Å². The molecule has 1 amide bonds. The number of anilines is 1. The number of nitrogens with one attached hydrogen (secondary N) is 1. The molecule has 1 N–H and O–H groups in total. The molecule has 1 atom stereocenters. The third-order valence-corrected chi connectivity index (χ3v) is 5.99. The molecule has 0 bridgehead atoms. The van der Waals surface area contributed by atoms with Crippen molar-refractivity contribution in [1.82, 2.24) is 4.57 Å². The molecule has 0 saturated carbocycles. The van der Waals surface area contributed by atoms with Crippen molar-refractivity contribution in [2.24, 2.45) is 0 Å². The van der Waals surface area contributed by atoms with Gasteiger partial charge < -0.3 is 14.6 Å². The summed E-state index contributed by atoms with van der Waals surface area (Å²) in [4.78, 5) is 39.1. The highest BCUT2D eigenvalue weighted by molar-refractivity contribution is 5.95. The minimum atomic E-state index is -0.819. The maximum atomic E-state index is 13.5. The number of rotatable bonds is 7. The third-order valence-electron chi connectivity index (χ3n) is 5.99. The maximum Gasteiger partial charge on any atom is 0.338 e. The van der Waals surface area contributed by atoms with Crippen molar-refractivity contribution in [3.63, 3.8) is 0 Å². The van der Waals surface area contributed by atoms with Crippen LogP contribution in [-0.2, 0) is 16.0 Å². The number of hydrogen-bond acceptors (Lipinski definition) is 5. The van der Waals surface area contributed by atoms with Crippen LogP contribution in [0.3, 0.4) is 0 Å². The molecule has 0 spiro atoms. The van der Waals surface area contributed by atoms with E-state index >= 15 is 0 Å². The predicted octanol–water partition coefficient (Wildman–Crippen LogP) is 5.76. The van der Waals surface area contributed by atoms with Crippen LogP contribution in [-0.4, -0.2) is 22.0 Å². The number of ether oxygens (including phenoxy) is 1. The number of carbonyl (C=O) groups excluding carboxylic acids is 2.